The molecular weight excluding hydrogens is 334 g/mol. The average Bonchev–Trinajstić information content (AvgIpc) is 2.33. The largest absolute Gasteiger partial charge is 0.399 e. The van der Waals surface area contributed by atoms with Crippen LogP contribution in [0.2, 0.25) is 0 Å². The van der Waals surface area contributed by atoms with Crippen LogP contribution in [0.15, 0.2) is 18.2 Å². The minimum Gasteiger partial charge on any atom is -0.399 e. The molecule has 0 spiro atoms. The van der Waals surface area contributed by atoms with Gasteiger partial charge in [-0.05, 0) is 30.2 Å². The van der Waals surface area contributed by atoms with Crippen molar-refractivity contribution in [1.29, 1.82) is 0 Å². The number of hydrogen-bond donors (Lipinski definition) is 5. The first-order valence-electron chi connectivity index (χ1n) is 6.19. The van der Waals surface area contributed by atoms with Gasteiger partial charge in [-0.2, -0.15) is 8.42 Å². The molecule has 0 amide bonds. The fourth-order valence-corrected chi connectivity index (χ4v) is 1.94. The quantitative estimate of drug-likeness (QED) is 0.274. The molecule has 0 aromatic heterocycles. The van der Waals surface area contributed by atoms with Crippen molar-refractivity contribution in [1.82, 2.24) is 4.72 Å². The molecule has 0 saturated carbocycles. The highest BCUT2D eigenvalue weighted by atomic mass is 32.3. The molecule has 0 radical (unpaired) electrons. The minimum absolute atomic E-state index is 0.366. The Bertz CT molecular complexity index is 665. The zero-order chi connectivity index (χ0) is 17.4. The fourth-order valence-electron chi connectivity index (χ4n) is 1.47. The van der Waals surface area contributed by atoms with Crippen LogP contribution in [-0.4, -0.2) is 45.3 Å². The van der Waals surface area contributed by atoms with E-state index in [1.807, 2.05) is 25.1 Å². The Labute approximate surface area is 130 Å². The van der Waals surface area contributed by atoms with Gasteiger partial charge in [-0.25, -0.2) is 13.1 Å². The van der Waals surface area contributed by atoms with Crippen molar-refractivity contribution in [2.75, 3.05) is 30.4 Å². The maximum atomic E-state index is 10.8. The van der Waals surface area contributed by atoms with Crippen LogP contribution in [0.25, 0.3) is 0 Å². The second-order valence-electron chi connectivity index (χ2n) is 4.31. The van der Waals surface area contributed by atoms with E-state index in [0.29, 0.717) is 13.1 Å². The molecule has 1 rings (SSSR count). The highest BCUT2D eigenvalue weighted by Crippen LogP contribution is 2.17. The molecule has 0 unspecified atom stereocenters. The molecule has 128 valence electrons. The van der Waals surface area contributed by atoms with Gasteiger partial charge >= 0.3 is 10.4 Å². The number of nitrogens with one attached hydrogen (secondary N) is 2. The number of benzene rings is 1. The molecule has 0 heterocycles. The molecule has 0 fully saturated rings. The van der Waals surface area contributed by atoms with Crippen LogP contribution in [0, 0.1) is 0 Å². The molecule has 22 heavy (non-hydrogen) atoms. The summed E-state index contributed by atoms with van der Waals surface area (Å²) in [5, 5.41) is 3.14. The molecule has 0 aliphatic carbocycles. The Hall–Kier alpha value is -1.40. The van der Waals surface area contributed by atoms with Crippen LogP contribution >= 0.6 is 0 Å². The molecule has 0 atom stereocenters. The molecule has 1 aromatic carbocycles. The Kier molecular flexibility index (Phi) is 8.34. The van der Waals surface area contributed by atoms with Crippen molar-refractivity contribution < 1.29 is 25.9 Å². The Morgan fingerprint density at radius 3 is 2.14 bits per heavy atom. The second kappa shape index (κ2) is 8.90. The monoisotopic (exact) mass is 355 g/mol. The number of nitrogen functional groups attached to an aromatic ring is 1. The van der Waals surface area contributed by atoms with E-state index in [1.165, 1.54) is 0 Å². The number of hydrogen-bond acceptors (Lipinski definition) is 6. The van der Waals surface area contributed by atoms with E-state index in [4.69, 9.17) is 23.3 Å². The van der Waals surface area contributed by atoms with Crippen molar-refractivity contribution in [3.05, 3.63) is 23.8 Å². The molecule has 0 aliphatic rings. The number of anilines is 2. The predicted octanol–water partition coefficient (Wildman–Crippen LogP) is 0.140. The molecule has 0 aliphatic heterocycles. The maximum absolute atomic E-state index is 10.8. The van der Waals surface area contributed by atoms with Gasteiger partial charge in [0, 0.05) is 24.5 Å². The standard InChI is InChI=1S/C11H19N3O2S.H2O4S/c1-3-9-8-10(4-5-11(9)12)13-6-7-14-17(2,15)16;1-5(2,3)4/h4-5,8,13-14H,3,6-7,12H2,1-2H3;(H2,1,2,3,4). The van der Waals surface area contributed by atoms with Crippen molar-refractivity contribution in [2.45, 2.75) is 13.3 Å². The summed E-state index contributed by atoms with van der Waals surface area (Å²) in [7, 11) is -7.77. The van der Waals surface area contributed by atoms with E-state index < -0.39 is 20.4 Å². The van der Waals surface area contributed by atoms with Crippen LogP contribution in [0.5, 0.6) is 0 Å². The van der Waals surface area contributed by atoms with Gasteiger partial charge < -0.3 is 11.1 Å². The van der Waals surface area contributed by atoms with Crippen LogP contribution in [0.1, 0.15) is 12.5 Å². The van der Waals surface area contributed by atoms with Crippen molar-refractivity contribution in [3.63, 3.8) is 0 Å². The summed E-state index contributed by atoms with van der Waals surface area (Å²) in [4.78, 5) is 0. The van der Waals surface area contributed by atoms with E-state index >= 15 is 0 Å². The summed E-state index contributed by atoms with van der Waals surface area (Å²) in [6.07, 6.45) is 2.02. The molecular formula is C11H21N3O6S2. The van der Waals surface area contributed by atoms with E-state index in [0.717, 1.165) is 29.6 Å². The summed E-state index contributed by atoms with van der Waals surface area (Å²) < 4.78 is 55.7. The molecule has 0 bridgehead atoms. The molecule has 6 N–H and O–H groups in total. The maximum Gasteiger partial charge on any atom is 0.394 e. The van der Waals surface area contributed by atoms with Crippen molar-refractivity contribution in [3.8, 4) is 0 Å². The van der Waals surface area contributed by atoms with Crippen LogP contribution in [0.3, 0.4) is 0 Å². The topological polar surface area (TPSA) is 159 Å². The van der Waals surface area contributed by atoms with Gasteiger partial charge in [-0.15, -0.1) is 0 Å². The lowest BCUT2D eigenvalue weighted by Crippen LogP contribution is -2.27. The SMILES string of the molecule is CCc1cc(NCCNS(C)(=O)=O)ccc1N.O=S(=O)(O)O. The van der Waals surface area contributed by atoms with Gasteiger partial charge in [-0.1, -0.05) is 6.92 Å². The lowest BCUT2D eigenvalue weighted by Gasteiger charge is -2.09. The van der Waals surface area contributed by atoms with Gasteiger partial charge in [0.05, 0.1) is 6.26 Å². The first-order chi connectivity index (χ1) is 9.92. The average molecular weight is 355 g/mol. The predicted molar refractivity (Wildman–Crippen MR) is 85.7 cm³/mol. The van der Waals surface area contributed by atoms with E-state index in [1.54, 1.807) is 0 Å². The number of rotatable bonds is 6. The van der Waals surface area contributed by atoms with Gasteiger partial charge in [0.1, 0.15) is 0 Å². The molecule has 1 aromatic rings. The van der Waals surface area contributed by atoms with Crippen LogP contribution in [-0.2, 0) is 26.8 Å². The molecule has 9 nitrogen and oxygen atoms in total. The van der Waals surface area contributed by atoms with E-state index in [-0.39, 0.29) is 0 Å². The Morgan fingerprint density at radius 1 is 1.14 bits per heavy atom. The highest BCUT2D eigenvalue weighted by Gasteiger charge is 2.00. The van der Waals surface area contributed by atoms with Crippen molar-refractivity contribution in [2.24, 2.45) is 0 Å². The Balaban J connectivity index is 0.000000763. The third kappa shape index (κ3) is 12.3. The third-order valence-corrected chi connectivity index (χ3v) is 3.07. The van der Waals surface area contributed by atoms with Gasteiger partial charge in [0.25, 0.3) is 0 Å². The van der Waals surface area contributed by atoms with Gasteiger partial charge in [-0.3, -0.25) is 9.11 Å². The number of nitrogens with two attached hydrogens (primary N) is 1. The van der Waals surface area contributed by atoms with Crippen LogP contribution < -0.4 is 15.8 Å². The lowest BCUT2D eigenvalue weighted by atomic mass is 10.1. The van der Waals surface area contributed by atoms with Crippen LogP contribution in [0.4, 0.5) is 11.4 Å². The summed E-state index contributed by atoms with van der Waals surface area (Å²) in [5.41, 5.74) is 8.62. The minimum atomic E-state index is -4.67. The molecule has 11 heteroatoms. The first-order valence-corrected chi connectivity index (χ1v) is 9.48. The first kappa shape index (κ1) is 20.6. The normalized spacial score (nSPS) is 11.5. The summed E-state index contributed by atoms with van der Waals surface area (Å²) in [6.45, 7) is 2.95. The summed E-state index contributed by atoms with van der Waals surface area (Å²) in [6, 6.07) is 5.72. The number of sulfonamides is 1. The second-order valence-corrected chi connectivity index (χ2v) is 7.04. The van der Waals surface area contributed by atoms with E-state index in [9.17, 15) is 8.42 Å². The van der Waals surface area contributed by atoms with Gasteiger partial charge in [0.2, 0.25) is 10.0 Å². The summed E-state index contributed by atoms with van der Waals surface area (Å²) in [5.74, 6) is 0. The summed E-state index contributed by atoms with van der Waals surface area (Å²) >= 11 is 0. The Morgan fingerprint density at radius 2 is 1.68 bits per heavy atom. The van der Waals surface area contributed by atoms with Gasteiger partial charge in [0.15, 0.2) is 0 Å². The lowest BCUT2D eigenvalue weighted by molar-refractivity contribution is 0.381. The third-order valence-electron chi connectivity index (χ3n) is 2.34. The molecule has 0 saturated heterocycles. The highest BCUT2D eigenvalue weighted by molar-refractivity contribution is 7.88. The fraction of sp³-hybridized carbons (Fsp3) is 0.455. The van der Waals surface area contributed by atoms with Crippen molar-refractivity contribution >= 4 is 31.8 Å². The zero-order valence-electron chi connectivity index (χ0n) is 12.3. The number of aryl methyl sites for hydroxylation is 1. The zero-order valence-corrected chi connectivity index (χ0v) is 13.9. The van der Waals surface area contributed by atoms with E-state index in [2.05, 4.69) is 10.0 Å². The smallest absolute Gasteiger partial charge is 0.394 e.